The van der Waals surface area contributed by atoms with E-state index in [1.54, 1.807) is 13.8 Å². The number of esters is 2. The summed E-state index contributed by atoms with van der Waals surface area (Å²) in [7, 11) is 0. The monoisotopic (exact) mass is 424 g/mol. The van der Waals surface area contributed by atoms with Crippen LogP contribution in [0, 0.1) is 11.8 Å². The Labute approximate surface area is 175 Å². The second-order valence-corrected chi connectivity index (χ2v) is 8.93. The number of fused-ring (bicyclic) bond motifs is 2. The van der Waals surface area contributed by atoms with Crippen LogP contribution in [0.5, 0.6) is 0 Å². The van der Waals surface area contributed by atoms with E-state index in [9.17, 15) is 19.2 Å². The van der Waals surface area contributed by atoms with Gasteiger partial charge in [-0.15, -0.1) is 0 Å². The minimum Gasteiger partial charge on any atom is -0.393 e. The molecule has 2 atom stereocenters. The third-order valence-corrected chi connectivity index (χ3v) is 7.47. The number of thioether (sulfide) groups is 2. The van der Waals surface area contributed by atoms with Gasteiger partial charge < -0.3 is 4.74 Å². The van der Waals surface area contributed by atoms with E-state index in [0.29, 0.717) is 20.9 Å². The Morgan fingerprint density at radius 2 is 1.03 bits per heavy atom. The lowest BCUT2D eigenvalue weighted by Gasteiger charge is -1.98. The molecule has 0 aromatic heterocycles. The maximum Gasteiger partial charge on any atom is 0.317 e. The molecule has 3 heterocycles. The molecule has 146 valence electrons. The van der Waals surface area contributed by atoms with Gasteiger partial charge in [0.05, 0.1) is 21.6 Å². The van der Waals surface area contributed by atoms with Crippen LogP contribution in [0.1, 0.15) is 34.6 Å². The fourth-order valence-electron chi connectivity index (χ4n) is 3.04. The summed E-state index contributed by atoms with van der Waals surface area (Å²) in [6.45, 7) is 3.38. The smallest absolute Gasteiger partial charge is 0.317 e. The van der Waals surface area contributed by atoms with Crippen molar-refractivity contribution in [3.8, 4) is 0 Å². The molecule has 0 amide bonds. The SMILES string of the molecule is CC1C(=O)OC(=O)C1C.O=C1/C(=C2/Sc3ccccc3C2=O)Sc2ccccc21. The van der Waals surface area contributed by atoms with E-state index in [-0.39, 0.29) is 23.4 Å². The van der Waals surface area contributed by atoms with Gasteiger partial charge in [-0.2, -0.15) is 0 Å². The van der Waals surface area contributed by atoms with Gasteiger partial charge in [-0.25, -0.2) is 0 Å². The Balaban J connectivity index is 0.000000192. The fourth-order valence-corrected chi connectivity index (χ4v) is 5.34. The van der Waals surface area contributed by atoms with Crippen LogP contribution in [0.4, 0.5) is 0 Å². The number of hydrogen-bond donors (Lipinski definition) is 0. The van der Waals surface area contributed by atoms with Gasteiger partial charge in [0.15, 0.2) is 0 Å². The lowest BCUT2D eigenvalue weighted by molar-refractivity contribution is -0.153. The van der Waals surface area contributed by atoms with Crippen LogP contribution in [-0.2, 0) is 14.3 Å². The normalized spacial score (nSPS) is 24.8. The summed E-state index contributed by atoms with van der Waals surface area (Å²) in [6, 6.07) is 15.0. The number of cyclic esters (lactones) is 2. The first-order valence-electron chi connectivity index (χ1n) is 9.01. The second kappa shape index (κ2) is 7.65. The molecular formula is C22H16O5S2. The first-order valence-corrected chi connectivity index (χ1v) is 10.6. The minimum atomic E-state index is -0.396. The summed E-state index contributed by atoms with van der Waals surface area (Å²) in [6.07, 6.45) is 0. The molecule has 2 aromatic carbocycles. The maximum atomic E-state index is 12.4. The Hall–Kier alpha value is -2.64. The largest absolute Gasteiger partial charge is 0.393 e. The summed E-state index contributed by atoms with van der Waals surface area (Å²) in [4.78, 5) is 49.0. The van der Waals surface area contributed by atoms with Crippen molar-refractivity contribution in [1.82, 2.24) is 0 Å². The summed E-state index contributed by atoms with van der Waals surface area (Å²) < 4.78 is 4.31. The highest BCUT2D eigenvalue weighted by molar-refractivity contribution is 8.08. The van der Waals surface area contributed by atoms with E-state index in [1.165, 1.54) is 23.5 Å². The molecule has 3 aliphatic heterocycles. The number of Topliss-reactive ketones (excluding diaryl/α,β-unsaturated/α-hetero) is 2. The first-order chi connectivity index (χ1) is 13.9. The fraction of sp³-hybridized carbons (Fsp3) is 0.182. The van der Waals surface area contributed by atoms with Crippen LogP contribution >= 0.6 is 23.5 Å². The van der Waals surface area contributed by atoms with E-state index in [0.717, 1.165) is 9.79 Å². The van der Waals surface area contributed by atoms with Crippen LogP contribution in [0.15, 0.2) is 68.1 Å². The number of carbonyl (C=O) groups excluding carboxylic acids is 4. The molecule has 3 aliphatic rings. The molecule has 0 bridgehead atoms. The minimum absolute atomic E-state index is 0.0331. The Morgan fingerprint density at radius 3 is 1.34 bits per heavy atom. The quantitative estimate of drug-likeness (QED) is 0.350. The predicted molar refractivity (Wildman–Crippen MR) is 110 cm³/mol. The number of hydrogen-bond acceptors (Lipinski definition) is 7. The number of carbonyl (C=O) groups is 4. The number of allylic oxidation sites excluding steroid dienone is 2. The molecule has 1 saturated heterocycles. The van der Waals surface area contributed by atoms with Crippen molar-refractivity contribution in [2.24, 2.45) is 11.8 Å². The Bertz CT molecular complexity index is 1020. The number of ketones is 2. The van der Waals surface area contributed by atoms with Crippen molar-refractivity contribution in [2.75, 3.05) is 0 Å². The molecule has 0 N–H and O–H groups in total. The second-order valence-electron chi connectivity index (χ2n) is 6.83. The van der Waals surface area contributed by atoms with E-state index in [2.05, 4.69) is 4.74 Å². The zero-order chi connectivity index (χ0) is 20.7. The Morgan fingerprint density at radius 1 is 0.655 bits per heavy atom. The molecule has 5 nitrogen and oxygen atoms in total. The number of ether oxygens (including phenoxy) is 1. The molecule has 2 aromatic rings. The van der Waals surface area contributed by atoms with Gasteiger partial charge in [0.25, 0.3) is 0 Å². The Kier molecular flexibility index (Phi) is 5.19. The van der Waals surface area contributed by atoms with Crippen LogP contribution < -0.4 is 0 Å². The average Bonchev–Trinajstić information content (AvgIpc) is 3.31. The number of rotatable bonds is 0. The van der Waals surface area contributed by atoms with Gasteiger partial charge in [0, 0.05) is 20.9 Å². The van der Waals surface area contributed by atoms with E-state index in [1.807, 2.05) is 48.5 Å². The van der Waals surface area contributed by atoms with Gasteiger partial charge in [0.2, 0.25) is 11.6 Å². The lowest BCUT2D eigenvalue weighted by atomic mass is 10.00. The molecule has 29 heavy (non-hydrogen) atoms. The van der Waals surface area contributed by atoms with Gasteiger partial charge in [-0.3, -0.25) is 19.2 Å². The highest BCUT2D eigenvalue weighted by Gasteiger charge is 2.37. The molecule has 7 heteroatoms. The van der Waals surface area contributed by atoms with E-state index < -0.39 is 11.9 Å². The van der Waals surface area contributed by atoms with Crippen molar-refractivity contribution in [3.05, 3.63) is 69.5 Å². The topological polar surface area (TPSA) is 77.5 Å². The highest BCUT2D eigenvalue weighted by Crippen LogP contribution is 2.49. The zero-order valence-corrected chi connectivity index (χ0v) is 17.3. The summed E-state index contributed by atoms with van der Waals surface area (Å²) >= 11 is 2.81. The predicted octanol–water partition coefficient (Wildman–Crippen LogP) is 4.52. The van der Waals surface area contributed by atoms with Crippen molar-refractivity contribution in [2.45, 2.75) is 23.6 Å². The third kappa shape index (κ3) is 3.45. The summed E-state index contributed by atoms with van der Waals surface area (Å²) in [5.74, 6) is -1.36. The molecule has 5 rings (SSSR count). The molecule has 0 aliphatic carbocycles. The van der Waals surface area contributed by atoms with E-state index in [4.69, 9.17) is 0 Å². The van der Waals surface area contributed by atoms with Gasteiger partial charge in [0.1, 0.15) is 0 Å². The molecule has 1 fully saturated rings. The molecular weight excluding hydrogens is 408 g/mol. The maximum absolute atomic E-state index is 12.4. The van der Waals surface area contributed by atoms with Crippen molar-refractivity contribution < 1.29 is 23.9 Å². The third-order valence-electron chi connectivity index (χ3n) is 5.00. The van der Waals surface area contributed by atoms with Crippen LogP contribution in [-0.4, -0.2) is 23.5 Å². The van der Waals surface area contributed by atoms with Crippen LogP contribution in [0.25, 0.3) is 0 Å². The standard InChI is InChI=1S/C16H8O2S2.C6H8O3/c17-13-9-5-1-3-7-11(9)19-15(13)16-14(18)10-6-2-4-8-12(10)20-16;1-3-4(2)6(8)9-5(3)7/h1-8H;3-4H,1-2H3/b16-15-;. The molecule has 0 saturated carbocycles. The van der Waals surface area contributed by atoms with Crippen molar-refractivity contribution in [3.63, 3.8) is 0 Å². The molecule has 0 spiro atoms. The molecule has 2 unspecified atom stereocenters. The van der Waals surface area contributed by atoms with Gasteiger partial charge in [-0.1, -0.05) is 61.6 Å². The summed E-state index contributed by atoms with van der Waals surface area (Å²) in [5, 5.41) is 0. The van der Waals surface area contributed by atoms with Crippen molar-refractivity contribution in [1.29, 1.82) is 0 Å². The summed E-state index contributed by atoms with van der Waals surface area (Å²) in [5.41, 5.74) is 1.40. The van der Waals surface area contributed by atoms with Crippen LogP contribution in [0.3, 0.4) is 0 Å². The van der Waals surface area contributed by atoms with E-state index >= 15 is 0 Å². The highest BCUT2D eigenvalue weighted by atomic mass is 32.2. The number of benzene rings is 2. The van der Waals surface area contributed by atoms with Gasteiger partial charge in [-0.05, 0) is 24.3 Å². The first kappa shape index (κ1) is 19.7. The lowest BCUT2D eigenvalue weighted by Crippen LogP contribution is -2.09. The van der Waals surface area contributed by atoms with Gasteiger partial charge >= 0.3 is 11.9 Å². The molecule has 0 radical (unpaired) electrons. The zero-order valence-electron chi connectivity index (χ0n) is 15.6. The van der Waals surface area contributed by atoms with Crippen molar-refractivity contribution >= 4 is 47.0 Å². The average molecular weight is 424 g/mol. The van der Waals surface area contributed by atoms with Crippen LogP contribution in [0.2, 0.25) is 0 Å².